The minimum Gasteiger partial charge on any atom is -0.353 e. The van der Waals surface area contributed by atoms with Gasteiger partial charge in [-0.15, -0.1) is 0 Å². The Morgan fingerprint density at radius 2 is 1.86 bits per heavy atom. The largest absolute Gasteiger partial charge is 0.353 e. The molecule has 1 aliphatic heterocycles. The van der Waals surface area contributed by atoms with Gasteiger partial charge in [0.2, 0.25) is 15.9 Å². The zero-order valence-electron chi connectivity index (χ0n) is 26.7. The van der Waals surface area contributed by atoms with E-state index in [1.54, 1.807) is 6.92 Å². The van der Waals surface area contributed by atoms with Gasteiger partial charge in [-0.25, -0.2) is 18.1 Å². The SMILES string of the molecule is CCS(=O)(=O)NC1CCC(CN2CCC(c3cc(C4C=CC=CC4(C(=O)NC(C)C)C(C)C)c4c(cnn4C)n3)C2)CC1. The maximum Gasteiger partial charge on any atom is 0.231 e. The summed E-state index contributed by atoms with van der Waals surface area (Å²) in [4.78, 5) is 21.6. The molecule has 0 bridgehead atoms. The summed E-state index contributed by atoms with van der Waals surface area (Å²) in [5.41, 5.74) is 3.34. The van der Waals surface area contributed by atoms with E-state index in [2.05, 4.69) is 58.2 Å². The highest BCUT2D eigenvalue weighted by molar-refractivity contribution is 7.89. The van der Waals surface area contributed by atoms with Gasteiger partial charge in [-0.1, -0.05) is 38.2 Å². The maximum absolute atomic E-state index is 13.9. The normalized spacial score (nSPS) is 28.4. The molecule has 0 radical (unpaired) electrons. The number of aromatic nitrogens is 3. The average molecular weight is 611 g/mol. The molecule has 3 heterocycles. The Labute approximate surface area is 257 Å². The van der Waals surface area contributed by atoms with Crippen molar-refractivity contribution in [2.24, 2.45) is 24.3 Å². The third kappa shape index (κ3) is 6.61. The van der Waals surface area contributed by atoms with Gasteiger partial charge in [0.05, 0.1) is 22.9 Å². The zero-order valence-corrected chi connectivity index (χ0v) is 27.5. The van der Waals surface area contributed by atoms with Crippen molar-refractivity contribution in [3.05, 3.63) is 47.8 Å². The van der Waals surface area contributed by atoms with Crippen LogP contribution in [0.5, 0.6) is 0 Å². The fourth-order valence-corrected chi connectivity index (χ4v) is 8.43. The highest BCUT2D eigenvalue weighted by Crippen LogP contribution is 2.49. The maximum atomic E-state index is 13.9. The fraction of sp³-hybridized carbons (Fsp3) is 0.667. The Balaban J connectivity index is 1.36. The summed E-state index contributed by atoms with van der Waals surface area (Å²) in [6.45, 7) is 13.0. The van der Waals surface area contributed by atoms with Gasteiger partial charge in [-0.3, -0.25) is 9.48 Å². The number of pyridine rings is 1. The van der Waals surface area contributed by atoms with Crippen molar-refractivity contribution in [3.63, 3.8) is 0 Å². The van der Waals surface area contributed by atoms with E-state index in [9.17, 15) is 13.2 Å². The van der Waals surface area contributed by atoms with E-state index in [1.165, 1.54) is 0 Å². The van der Waals surface area contributed by atoms with E-state index in [1.807, 2.05) is 37.8 Å². The number of carbonyl (C=O) groups excluding carboxylic acids is 1. The Hall–Kier alpha value is -2.56. The molecule has 3 aliphatic rings. The summed E-state index contributed by atoms with van der Waals surface area (Å²) < 4.78 is 28.8. The number of rotatable bonds is 10. The summed E-state index contributed by atoms with van der Waals surface area (Å²) >= 11 is 0. The lowest BCUT2D eigenvalue weighted by molar-refractivity contribution is -0.131. The van der Waals surface area contributed by atoms with Gasteiger partial charge in [0.25, 0.3) is 0 Å². The summed E-state index contributed by atoms with van der Waals surface area (Å²) in [6, 6.07) is 2.38. The zero-order chi connectivity index (χ0) is 30.9. The van der Waals surface area contributed by atoms with Crippen molar-refractivity contribution in [2.75, 3.05) is 25.4 Å². The van der Waals surface area contributed by atoms with Crippen molar-refractivity contribution in [2.45, 2.75) is 90.6 Å². The number of nitrogens with one attached hydrogen (secondary N) is 2. The smallest absolute Gasteiger partial charge is 0.231 e. The molecule has 0 aromatic carbocycles. The molecule has 2 aromatic heterocycles. The molecule has 5 rings (SSSR count). The Morgan fingerprint density at radius 3 is 2.53 bits per heavy atom. The van der Waals surface area contributed by atoms with Crippen molar-refractivity contribution >= 4 is 27.0 Å². The molecule has 2 aromatic rings. The van der Waals surface area contributed by atoms with Gasteiger partial charge < -0.3 is 10.2 Å². The molecule has 10 heteroatoms. The minimum absolute atomic E-state index is 0.0490. The van der Waals surface area contributed by atoms with Gasteiger partial charge in [0.15, 0.2) is 0 Å². The second-order valence-corrected chi connectivity index (χ2v) is 15.6. The molecular formula is C33H50N6O3S. The van der Waals surface area contributed by atoms with Crippen LogP contribution in [0.1, 0.15) is 89.8 Å². The first kappa shape index (κ1) is 31.9. The van der Waals surface area contributed by atoms with Crippen molar-refractivity contribution in [3.8, 4) is 0 Å². The number of carbonyl (C=O) groups is 1. The number of sulfonamides is 1. The van der Waals surface area contributed by atoms with E-state index < -0.39 is 15.4 Å². The van der Waals surface area contributed by atoms with E-state index in [0.717, 1.165) is 74.0 Å². The van der Waals surface area contributed by atoms with Gasteiger partial charge in [-0.05, 0) is 82.9 Å². The molecule has 2 N–H and O–H groups in total. The number of allylic oxidation sites excluding steroid dienone is 3. The van der Waals surface area contributed by atoms with Gasteiger partial charge in [0.1, 0.15) is 5.52 Å². The van der Waals surface area contributed by atoms with Crippen LogP contribution in [-0.4, -0.2) is 71.5 Å². The molecular weight excluding hydrogens is 560 g/mol. The molecule has 0 spiro atoms. The summed E-state index contributed by atoms with van der Waals surface area (Å²) in [7, 11) is -1.19. The minimum atomic E-state index is -3.15. The number of hydrogen-bond donors (Lipinski definition) is 2. The van der Waals surface area contributed by atoms with Crippen molar-refractivity contribution < 1.29 is 13.2 Å². The molecule has 2 aliphatic carbocycles. The van der Waals surface area contributed by atoms with Crippen LogP contribution in [0.3, 0.4) is 0 Å². The van der Waals surface area contributed by atoms with E-state index in [4.69, 9.17) is 4.98 Å². The molecule has 1 amide bonds. The monoisotopic (exact) mass is 610 g/mol. The second kappa shape index (κ2) is 12.8. The molecule has 236 valence electrons. The third-order valence-electron chi connectivity index (χ3n) is 9.93. The fourth-order valence-electron chi connectivity index (χ4n) is 7.52. The van der Waals surface area contributed by atoms with Gasteiger partial charge >= 0.3 is 0 Å². The highest BCUT2D eigenvalue weighted by Gasteiger charge is 2.48. The predicted molar refractivity (Wildman–Crippen MR) is 172 cm³/mol. The number of hydrogen-bond acceptors (Lipinski definition) is 6. The summed E-state index contributed by atoms with van der Waals surface area (Å²) in [5, 5.41) is 7.81. The molecule has 3 atom stereocenters. The first-order valence-electron chi connectivity index (χ1n) is 16.1. The van der Waals surface area contributed by atoms with Crippen LogP contribution >= 0.6 is 0 Å². The molecule has 1 saturated heterocycles. The number of likely N-dealkylation sites (tertiary alicyclic amines) is 1. The Morgan fingerprint density at radius 1 is 1.12 bits per heavy atom. The molecule has 9 nitrogen and oxygen atoms in total. The standard InChI is InChI=1S/C33H50N6O3S/c1-7-43(41,42)37-26-13-11-24(12-14-26)20-39-17-15-25(21-39)29-18-27(31-30(36-29)19-34-38(31)6)28-10-8-9-16-33(28,22(2)3)32(40)35-23(4)5/h8-10,16,18-19,22-26,28,37H,7,11-15,17,20-21H2,1-6H3,(H,35,40). The number of nitrogens with zero attached hydrogens (tertiary/aromatic N) is 4. The van der Waals surface area contributed by atoms with E-state index in [0.29, 0.717) is 11.8 Å². The summed E-state index contributed by atoms with van der Waals surface area (Å²) in [6.07, 6.45) is 15.2. The first-order valence-corrected chi connectivity index (χ1v) is 17.8. The topological polar surface area (TPSA) is 109 Å². The average Bonchev–Trinajstić information content (AvgIpc) is 3.59. The molecule has 3 unspecified atom stereocenters. The Kier molecular flexibility index (Phi) is 9.49. The van der Waals surface area contributed by atoms with E-state index in [-0.39, 0.29) is 35.6 Å². The Bertz CT molecular complexity index is 1470. The van der Waals surface area contributed by atoms with Crippen LogP contribution < -0.4 is 10.0 Å². The third-order valence-corrected chi connectivity index (χ3v) is 11.4. The van der Waals surface area contributed by atoms with Crippen LogP contribution in [0.25, 0.3) is 11.0 Å². The first-order chi connectivity index (χ1) is 20.4. The lowest BCUT2D eigenvalue weighted by Crippen LogP contribution is -2.49. The highest BCUT2D eigenvalue weighted by atomic mass is 32.2. The van der Waals surface area contributed by atoms with Crippen LogP contribution in [0.2, 0.25) is 0 Å². The number of fused-ring (bicyclic) bond motifs is 1. The van der Waals surface area contributed by atoms with Crippen LogP contribution in [0, 0.1) is 17.3 Å². The van der Waals surface area contributed by atoms with Crippen LogP contribution in [-0.2, 0) is 21.9 Å². The van der Waals surface area contributed by atoms with E-state index >= 15 is 0 Å². The van der Waals surface area contributed by atoms with Crippen LogP contribution in [0.4, 0.5) is 0 Å². The lowest BCUT2D eigenvalue weighted by Gasteiger charge is -2.41. The number of aryl methyl sites for hydroxylation is 1. The van der Waals surface area contributed by atoms with Crippen molar-refractivity contribution in [1.82, 2.24) is 29.7 Å². The van der Waals surface area contributed by atoms with Crippen LogP contribution in [0.15, 0.2) is 36.6 Å². The van der Waals surface area contributed by atoms with Gasteiger partial charge in [0, 0.05) is 49.8 Å². The molecule has 1 saturated carbocycles. The lowest BCUT2D eigenvalue weighted by atomic mass is 9.62. The number of amides is 1. The van der Waals surface area contributed by atoms with Gasteiger partial charge in [-0.2, -0.15) is 5.10 Å². The summed E-state index contributed by atoms with van der Waals surface area (Å²) in [5.74, 6) is 1.04. The van der Waals surface area contributed by atoms with Crippen molar-refractivity contribution in [1.29, 1.82) is 0 Å². The predicted octanol–water partition coefficient (Wildman–Crippen LogP) is 4.63. The second-order valence-electron chi connectivity index (χ2n) is 13.6. The molecule has 43 heavy (non-hydrogen) atoms. The molecule has 2 fully saturated rings. The quantitative estimate of drug-likeness (QED) is 0.406.